The number of aromatic carboxylic acids is 1. The van der Waals surface area contributed by atoms with Crippen molar-refractivity contribution in [1.82, 2.24) is 4.98 Å². The third-order valence-corrected chi connectivity index (χ3v) is 4.55. The Balaban J connectivity index is 2.11. The number of fused-ring (bicyclic) bond motifs is 1. The van der Waals surface area contributed by atoms with Gasteiger partial charge in [-0.05, 0) is 43.7 Å². The summed E-state index contributed by atoms with van der Waals surface area (Å²) in [6.07, 6.45) is 2.00. The molecule has 1 aromatic heterocycles. The second-order valence-electron chi connectivity index (χ2n) is 6.51. The van der Waals surface area contributed by atoms with Gasteiger partial charge in [-0.3, -0.25) is 0 Å². The van der Waals surface area contributed by atoms with Crippen molar-refractivity contribution in [2.75, 3.05) is 20.3 Å². The first-order valence-corrected chi connectivity index (χ1v) is 9.70. The zero-order valence-electron chi connectivity index (χ0n) is 16.9. The Kier molecular flexibility index (Phi) is 6.54. The van der Waals surface area contributed by atoms with Crippen LogP contribution < -0.4 is 14.2 Å². The van der Waals surface area contributed by atoms with Gasteiger partial charge in [-0.15, -0.1) is 0 Å². The molecule has 0 amide bonds. The zero-order valence-corrected chi connectivity index (χ0v) is 16.9. The van der Waals surface area contributed by atoms with Crippen LogP contribution in [-0.4, -0.2) is 36.4 Å². The van der Waals surface area contributed by atoms with E-state index in [1.807, 2.05) is 25.1 Å². The van der Waals surface area contributed by atoms with E-state index in [2.05, 4.69) is 11.9 Å². The number of hydrogen-bond donors (Lipinski definition) is 1. The lowest BCUT2D eigenvalue weighted by molar-refractivity contribution is 0.0699. The normalized spacial score (nSPS) is 10.7. The van der Waals surface area contributed by atoms with Crippen molar-refractivity contribution in [3.05, 3.63) is 48.0 Å². The SMILES string of the molecule is CCCCOc1ccc(-c2cc(C(=O)O)c3cccc(OC)c3n2)cc1OCC. The minimum atomic E-state index is -1.02. The number of pyridine rings is 1. The van der Waals surface area contributed by atoms with Gasteiger partial charge >= 0.3 is 5.97 Å². The molecule has 0 aliphatic rings. The van der Waals surface area contributed by atoms with E-state index in [1.54, 1.807) is 31.4 Å². The van der Waals surface area contributed by atoms with E-state index in [1.165, 1.54) is 0 Å². The molecule has 3 rings (SSSR count). The van der Waals surface area contributed by atoms with E-state index in [9.17, 15) is 9.90 Å². The molecule has 3 aromatic rings. The number of benzene rings is 2. The highest BCUT2D eigenvalue weighted by Crippen LogP contribution is 2.35. The van der Waals surface area contributed by atoms with Gasteiger partial charge in [0.25, 0.3) is 0 Å². The van der Waals surface area contributed by atoms with Crippen LogP contribution in [0.1, 0.15) is 37.0 Å². The maximum absolute atomic E-state index is 11.9. The fourth-order valence-corrected chi connectivity index (χ4v) is 3.09. The van der Waals surface area contributed by atoms with Gasteiger partial charge < -0.3 is 19.3 Å². The smallest absolute Gasteiger partial charge is 0.336 e. The molecule has 152 valence electrons. The van der Waals surface area contributed by atoms with Gasteiger partial charge in [0.05, 0.1) is 31.6 Å². The van der Waals surface area contributed by atoms with Crippen LogP contribution in [0.15, 0.2) is 42.5 Å². The Morgan fingerprint density at radius 1 is 1.03 bits per heavy atom. The highest BCUT2D eigenvalue weighted by atomic mass is 16.5. The molecule has 0 unspecified atom stereocenters. The topological polar surface area (TPSA) is 77.9 Å². The van der Waals surface area contributed by atoms with Crippen molar-refractivity contribution in [3.8, 4) is 28.5 Å². The van der Waals surface area contributed by atoms with Gasteiger partial charge in [0.2, 0.25) is 0 Å². The summed E-state index contributed by atoms with van der Waals surface area (Å²) in [5.41, 5.74) is 1.95. The highest BCUT2D eigenvalue weighted by molar-refractivity contribution is 6.05. The average molecular weight is 395 g/mol. The second-order valence-corrected chi connectivity index (χ2v) is 6.51. The van der Waals surface area contributed by atoms with Crippen molar-refractivity contribution in [1.29, 1.82) is 0 Å². The minimum Gasteiger partial charge on any atom is -0.494 e. The predicted molar refractivity (Wildman–Crippen MR) is 112 cm³/mol. The van der Waals surface area contributed by atoms with E-state index >= 15 is 0 Å². The summed E-state index contributed by atoms with van der Waals surface area (Å²) in [5, 5.41) is 10.2. The second kappa shape index (κ2) is 9.28. The molecule has 2 aromatic carbocycles. The fourth-order valence-electron chi connectivity index (χ4n) is 3.09. The maximum atomic E-state index is 11.9. The Hall–Kier alpha value is -3.28. The molecule has 0 spiro atoms. The lowest BCUT2D eigenvalue weighted by atomic mass is 10.0. The van der Waals surface area contributed by atoms with E-state index in [0.29, 0.717) is 47.1 Å². The summed E-state index contributed by atoms with van der Waals surface area (Å²) >= 11 is 0. The predicted octanol–water partition coefficient (Wildman–Crippen LogP) is 5.19. The third kappa shape index (κ3) is 4.42. The monoisotopic (exact) mass is 395 g/mol. The molecule has 1 N–H and O–H groups in total. The van der Waals surface area contributed by atoms with Crippen LogP contribution in [0.5, 0.6) is 17.2 Å². The summed E-state index contributed by atoms with van der Waals surface area (Å²) in [4.78, 5) is 16.5. The van der Waals surface area contributed by atoms with Crippen LogP contribution in [0.3, 0.4) is 0 Å². The first-order chi connectivity index (χ1) is 14.1. The molecular formula is C23H25NO5. The standard InChI is InChI=1S/C23H25NO5/c1-4-6-12-29-19-11-10-15(13-21(19)28-5-2)18-14-17(23(25)26)16-8-7-9-20(27-3)22(16)24-18/h7-11,13-14H,4-6,12H2,1-3H3,(H,25,26). The van der Waals surface area contributed by atoms with E-state index < -0.39 is 5.97 Å². The van der Waals surface area contributed by atoms with Crippen molar-refractivity contribution < 1.29 is 24.1 Å². The highest BCUT2D eigenvalue weighted by Gasteiger charge is 2.17. The summed E-state index contributed by atoms with van der Waals surface area (Å²) in [5.74, 6) is 0.786. The molecule has 29 heavy (non-hydrogen) atoms. The lowest BCUT2D eigenvalue weighted by Gasteiger charge is -2.14. The minimum absolute atomic E-state index is 0.171. The van der Waals surface area contributed by atoms with Crippen LogP contribution >= 0.6 is 0 Å². The number of carbonyl (C=O) groups is 1. The van der Waals surface area contributed by atoms with Crippen LogP contribution in [0, 0.1) is 0 Å². The van der Waals surface area contributed by atoms with Gasteiger partial charge in [-0.1, -0.05) is 25.5 Å². The molecule has 0 bridgehead atoms. The third-order valence-electron chi connectivity index (χ3n) is 4.55. The van der Waals surface area contributed by atoms with Crippen molar-refractivity contribution in [2.45, 2.75) is 26.7 Å². The first kappa shape index (κ1) is 20.5. The van der Waals surface area contributed by atoms with Crippen LogP contribution in [-0.2, 0) is 0 Å². The van der Waals surface area contributed by atoms with E-state index in [-0.39, 0.29) is 5.56 Å². The quantitative estimate of drug-likeness (QED) is 0.503. The van der Waals surface area contributed by atoms with Gasteiger partial charge in [0, 0.05) is 10.9 Å². The molecule has 0 saturated heterocycles. The number of carboxylic acids is 1. The molecule has 0 fully saturated rings. The molecule has 6 heteroatoms. The van der Waals surface area contributed by atoms with Gasteiger partial charge in [0.15, 0.2) is 11.5 Å². The summed E-state index contributed by atoms with van der Waals surface area (Å²) < 4.78 is 17.0. The molecule has 0 aliphatic carbocycles. The van der Waals surface area contributed by atoms with Crippen LogP contribution in [0.4, 0.5) is 0 Å². The summed E-state index contributed by atoms with van der Waals surface area (Å²) in [6.45, 7) is 5.12. The van der Waals surface area contributed by atoms with E-state index in [4.69, 9.17) is 14.2 Å². The first-order valence-electron chi connectivity index (χ1n) is 9.70. The van der Waals surface area contributed by atoms with Crippen molar-refractivity contribution in [2.24, 2.45) is 0 Å². The number of unbranched alkanes of at least 4 members (excludes halogenated alkanes) is 1. The zero-order chi connectivity index (χ0) is 20.8. The Labute approximate surface area is 170 Å². The number of methoxy groups -OCH3 is 1. The molecule has 6 nitrogen and oxygen atoms in total. The van der Waals surface area contributed by atoms with Crippen molar-refractivity contribution in [3.63, 3.8) is 0 Å². The molecule has 0 saturated carbocycles. The molecule has 0 atom stereocenters. The molecule has 0 radical (unpaired) electrons. The number of carboxylic acid groups (broad SMARTS) is 1. The van der Waals surface area contributed by atoms with Gasteiger partial charge in [-0.25, -0.2) is 9.78 Å². The van der Waals surface area contributed by atoms with Crippen molar-refractivity contribution >= 4 is 16.9 Å². The Morgan fingerprint density at radius 3 is 2.55 bits per heavy atom. The molecular weight excluding hydrogens is 370 g/mol. The lowest BCUT2D eigenvalue weighted by Crippen LogP contribution is -2.03. The molecule has 1 heterocycles. The van der Waals surface area contributed by atoms with Crippen LogP contribution in [0.25, 0.3) is 22.2 Å². The fraction of sp³-hybridized carbons (Fsp3) is 0.304. The Bertz CT molecular complexity index is 1020. The van der Waals surface area contributed by atoms with E-state index in [0.717, 1.165) is 18.4 Å². The summed E-state index contributed by atoms with van der Waals surface area (Å²) in [6, 6.07) is 12.4. The van der Waals surface area contributed by atoms with Gasteiger partial charge in [-0.2, -0.15) is 0 Å². The average Bonchev–Trinajstić information content (AvgIpc) is 2.73. The number of hydrogen-bond acceptors (Lipinski definition) is 5. The number of aromatic nitrogens is 1. The number of nitrogens with zero attached hydrogens (tertiary/aromatic N) is 1. The summed E-state index contributed by atoms with van der Waals surface area (Å²) in [7, 11) is 1.54. The maximum Gasteiger partial charge on any atom is 0.336 e. The largest absolute Gasteiger partial charge is 0.494 e. The molecule has 0 aliphatic heterocycles. The Morgan fingerprint density at radius 2 is 1.86 bits per heavy atom. The number of para-hydroxylation sites is 1. The van der Waals surface area contributed by atoms with Crippen LogP contribution in [0.2, 0.25) is 0 Å². The van der Waals surface area contributed by atoms with Gasteiger partial charge in [0.1, 0.15) is 11.3 Å². The number of ether oxygens (including phenoxy) is 3. The number of rotatable bonds is 9.